The highest BCUT2D eigenvalue weighted by molar-refractivity contribution is 5.87. The minimum absolute atomic E-state index is 0.147. The summed E-state index contributed by atoms with van der Waals surface area (Å²) in [5.41, 5.74) is -3.66. The van der Waals surface area contributed by atoms with Crippen LogP contribution in [-0.4, -0.2) is 81.9 Å². The molecule has 1 fully saturated rings. The summed E-state index contributed by atoms with van der Waals surface area (Å²) in [6.45, 7) is 8.15. The molecule has 1 saturated heterocycles. The summed E-state index contributed by atoms with van der Waals surface area (Å²) in [7, 11) is 0. The zero-order chi connectivity index (χ0) is 24.5. The first-order chi connectivity index (χ1) is 14.7. The maximum atomic E-state index is 13.1. The maximum Gasteiger partial charge on any atom is 0.345 e. The van der Waals surface area contributed by atoms with Gasteiger partial charge in [-0.2, -0.15) is 0 Å². The van der Waals surface area contributed by atoms with Crippen molar-refractivity contribution in [1.29, 1.82) is 0 Å². The Balaban J connectivity index is 2.16. The fourth-order valence-electron chi connectivity index (χ4n) is 4.21. The molecule has 10 heteroatoms. The van der Waals surface area contributed by atoms with Crippen molar-refractivity contribution >= 4 is 17.9 Å². The Morgan fingerprint density at radius 1 is 1.31 bits per heavy atom. The molecule has 0 saturated carbocycles. The molecule has 180 valence electrons. The van der Waals surface area contributed by atoms with Gasteiger partial charge in [0.15, 0.2) is 12.1 Å². The highest BCUT2D eigenvalue weighted by atomic mass is 16.6. The summed E-state index contributed by atoms with van der Waals surface area (Å²) >= 11 is 0. The second-order valence-electron chi connectivity index (χ2n) is 8.94. The number of rotatable bonds is 8. The van der Waals surface area contributed by atoms with Crippen LogP contribution in [0, 0.1) is 5.21 Å². The van der Waals surface area contributed by atoms with Crippen LogP contribution in [-0.2, 0) is 28.6 Å². The highest BCUT2D eigenvalue weighted by Gasteiger charge is 2.57. The van der Waals surface area contributed by atoms with Crippen molar-refractivity contribution in [3.63, 3.8) is 0 Å². The average Bonchev–Trinajstić information content (AvgIpc) is 3.18. The van der Waals surface area contributed by atoms with Crippen molar-refractivity contribution in [2.75, 3.05) is 19.7 Å². The highest BCUT2D eigenvalue weighted by Crippen LogP contribution is 2.38. The Morgan fingerprint density at radius 2 is 1.94 bits per heavy atom. The van der Waals surface area contributed by atoms with Crippen molar-refractivity contribution in [1.82, 2.24) is 0 Å². The van der Waals surface area contributed by atoms with E-state index in [1.54, 1.807) is 26.0 Å². The molecule has 0 aromatic carbocycles. The first-order valence-corrected chi connectivity index (χ1v) is 10.6. The van der Waals surface area contributed by atoms with E-state index in [2.05, 4.69) is 0 Å². The number of hydrogen-bond acceptors (Lipinski definition) is 9. The van der Waals surface area contributed by atoms with Gasteiger partial charge in [0, 0.05) is 24.5 Å². The van der Waals surface area contributed by atoms with E-state index in [0.717, 1.165) is 6.92 Å². The largest absolute Gasteiger partial charge is 0.632 e. The zero-order valence-corrected chi connectivity index (χ0v) is 19.4. The van der Waals surface area contributed by atoms with Crippen molar-refractivity contribution in [2.45, 2.75) is 77.4 Å². The second-order valence-corrected chi connectivity index (χ2v) is 8.94. The normalized spacial score (nSPS) is 28.3. The third-order valence-electron chi connectivity index (χ3n) is 6.25. The standard InChI is InChI=1S/C22H33NO9/c1-7-13(2)19(25)32-17-9-11-23(29)10-8-16(18(17)23)12-30-20(26)22(28,21(5,6)27)14(3)31-15(4)24/h7-8,14,17-18,27-28H,9-12H2,1-6H3/b13-7-/t14?,17-,18+,22?,23?/m0/s1. The number of carbonyl (C=O) groups excluding carboxylic acids is 3. The Labute approximate surface area is 187 Å². The number of aliphatic hydroxyl groups is 2. The molecule has 3 unspecified atom stereocenters. The lowest BCUT2D eigenvalue weighted by Crippen LogP contribution is -2.64. The predicted octanol–water partition coefficient (Wildman–Crippen LogP) is 0.888. The van der Waals surface area contributed by atoms with Gasteiger partial charge in [-0.1, -0.05) is 6.08 Å². The molecule has 2 heterocycles. The van der Waals surface area contributed by atoms with Gasteiger partial charge in [-0.25, -0.2) is 9.59 Å². The van der Waals surface area contributed by atoms with Crippen LogP contribution in [0.4, 0.5) is 0 Å². The molecule has 2 rings (SSSR count). The predicted molar refractivity (Wildman–Crippen MR) is 113 cm³/mol. The molecule has 5 atom stereocenters. The van der Waals surface area contributed by atoms with Gasteiger partial charge in [0.2, 0.25) is 5.60 Å². The quantitative estimate of drug-likeness (QED) is 0.136. The van der Waals surface area contributed by atoms with E-state index < -0.39 is 52.0 Å². The third kappa shape index (κ3) is 4.88. The molecule has 0 aliphatic carbocycles. The Kier molecular flexibility index (Phi) is 7.55. The summed E-state index contributed by atoms with van der Waals surface area (Å²) in [5.74, 6) is -2.46. The summed E-state index contributed by atoms with van der Waals surface area (Å²) in [6, 6.07) is -0.725. The molecule has 32 heavy (non-hydrogen) atoms. The molecule has 0 spiro atoms. The van der Waals surface area contributed by atoms with Crippen LogP contribution < -0.4 is 0 Å². The lowest BCUT2D eigenvalue weighted by molar-refractivity contribution is -0.877. The smallest absolute Gasteiger partial charge is 0.345 e. The molecule has 2 aliphatic heterocycles. The molecule has 10 nitrogen and oxygen atoms in total. The monoisotopic (exact) mass is 455 g/mol. The van der Waals surface area contributed by atoms with Gasteiger partial charge in [-0.15, -0.1) is 0 Å². The van der Waals surface area contributed by atoms with Crippen molar-refractivity contribution in [2.24, 2.45) is 0 Å². The minimum atomic E-state index is -2.55. The molecule has 0 aromatic heterocycles. The van der Waals surface area contributed by atoms with Gasteiger partial charge in [0.25, 0.3) is 0 Å². The molecule has 0 aromatic rings. The SMILES string of the molecule is C/C=C(/C)C(=O)O[C@H]1CC[N+]2([O-])CC=C(COC(=O)C(O)(C(C)OC(C)=O)C(C)(C)O)[C@H]12. The Morgan fingerprint density at radius 3 is 2.47 bits per heavy atom. The number of esters is 3. The van der Waals surface area contributed by atoms with Crippen LogP contribution in [0.25, 0.3) is 0 Å². The number of quaternary nitrogens is 1. The molecule has 0 bridgehead atoms. The number of nitrogens with zero attached hydrogens (tertiary/aromatic N) is 1. The van der Waals surface area contributed by atoms with Crippen molar-refractivity contribution < 1.29 is 43.5 Å². The number of allylic oxidation sites excluding steroid dienone is 1. The molecular weight excluding hydrogens is 422 g/mol. The zero-order valence-electron chi connectivity index (χ0n) is 19.4. The number of carbonyl (C=O) groups is 3. The van der Waals surface area contributed by atoms with Crippen LogP contribution in [0.15, 0.2) is 23.3 Å². The minimum Gasteiger partial charge on any atom is -0.632 e. The number of hydroxylamine groups is 3. The van der Waals surface area contributed by atoms with Crippen molar-refractivity contribution in [3.05, 3.63) is 28.5 Å². The van der Waals surface area contributed by atoms with Crippen LogP contribution >= 0.6 is 0 Å². The van der Waals surface area contributed by atoms with Gasteiger partial charge >= 0.3 is 17.9 Å². The number of ether oxygens (including phenoxy) is 3. The summed E-state index contributed by atoms with van der Waals surface area (Å²) in [6.07, 6.45) is 1.57. The van der Waals surface area contributed by atoms with Gasteiger partial charge in [-0.05, 0) is 40.7 Å². The first kappa shape index (κ1) is 26.0. The fourth-order valence-corrected chi connectivity index (χ4v) is 4.21. The van der Waals surface area contributed by atoms with E-state index in [1.807, 2.05) is 0 Å². The van der Waals surface area contributed by atoms with E-state index in [0.29, 0.717) is 17.6 Å². The van der Waals surface area contributed by atoms with E-state index in [-0.39, 0.29) is 19.7 Å². The van der Waals surface area contributed by atoms with E-state index >= 15 is 0 Å². The molecule has 2 N–H and O–H groups in total. The van der Waals surface area contributed by atoms with Gasteiger partial charge in [0.1, 0.15) is 18.3 Å². The van der Waals surface area contributed by atoms with E-state index in [9.17, 15) is 29.8 Å². The van der Waals surface area contributed by atoms with E-state index in [4.69, 9.17) is 14.2 Å². The second kappa shape index (κ2) is 9.30. The summed E-state index contributed by atoms with van der Waals surface area (Å²) in [5, 5.41) is 34.5. The number of hydrogen-bond donors (Lipinski definition) is 2. The van der Waals surface area contributed by atoms with Crippen LogP contribution in [0.2, 0.25) is 0 Å². The third-order valence-corrected chi connectivity index (χ3v) is 6.25. The average molecular weight is 456 g/mol. The molecule has 2 aliphatic rings. The lowest BCUT2D eigenvalue weighted by atomic mass is 9.81. The lowest BCUT2D eigenvalue weighted by Gasteiger charge is -2.41. The van der Waals surface area contributed by atoms with Crippen LogP contribution in [0.5, 0.6) is 0 Å². The molecule has 0 amide bonds. The summed E-state index contributed by atoms with van der Waals surface area (Å²) < 4.78 is 15.1. The molecule has 0 radical (unpaired) electrons. The maximum absolute atomic E-state index is 13.1. The Bertz CT molecular complexity index is 828. The molecular formula is C22H33NO9. The van der Waals surface area contributed by atoms with E-state index in [1.165, 1.54) is 20.8 Å². The van der Waals surface area contributed by atoms with Crippen LogP contribution in [0.3, 0.4) is 0 Å². The topological polar surface area (TPSA) is 142 Å². The van der Waals surface area contributed by atoms with Gasteiger partial charge < -0.3 is 34.3 Å². The van der Waals surface area contributed by atoms with Gasteiger partial charge in [-0.3, -0.25) is 4.79 Å². The fraction of sp³-hybridized carbons (Fsp3) is 0.682. The summed E-state index contributed by atoms with van der Waals surface area (Å²) in [4.78, 5) is 36.3. The van der Waals surface area contributed by atoms with Crippen molar-refractivity contribution in [3.8, 4) is 0 Å². The van der Waals surface area contributed by atoms with Gasteiger partial charge in [0.05, 0.1) is 13.1 Å². The number of fused-ring (bicyclic) bond motifs is 1. The Hall–Kier alpha value is -2.27. The first-order valence-electron chi connectivity index (χ1n) is 10.6. The van der Waals surface area contributed by atoms with Crippen LogP contribution in [0.1, 0.15) is 48.0 Å².